The molecular formula is C29H29Cl3N4O. The minimum absolute atomic E-state index is 0.0745. The van der Waals surface area contributed by atoms with Gasteiger partial charge in [0.1, 0.15) is 5.65 Å². The van der Waals surface area contributed by atoms with E-state index in [0.717, 1.165) is 22.1 Å². The number of fused-ring (bicyclic) bond motifs is 1. The van der Waals surface area contributed by atoms with Crippen LogP contribution in [0.2, 0.25) is 15.1 Å². The molecule has 0 N–H and O–H groups in total. The lowest BCUT2D eigenvalue weighted by Crippen LogP contribution is -2.27. The first-order chi connectivity index (χ1) is 17.6. The van der Waals surface area contributed by atoms with E-state index in [1.807, 2.05) is 56.3 Å². The van der Waals surface area contributed by atoms with E-state index < -0.39 is 0 Å². The van der Waals surface area contributed by atoms with Gasteiger partial charge in [-0.05, 0) is 54.3 Å². The van der Waals surface area contributed by atoms with Crippen LogP contribution >= 0.6 is 34.8 Å². The zero-order valence-corrected chi connectivity index (χ0v) is 23.8. The van der Waals surface area contributed by atoms with E-state index in [0.29, 0.717) is 50.6 Å². The number of rotatable bonds is 7. The van der Waals surface area contributed by atoms with E-state index in [1.165, 1.54) is 0 Å². The average molecular weight is 556 g/mol. The second kappa shape index (κ2) is 11.3. The van der Waals surface area contributed by atoms with Gasteiger partial charge in [0.15, 0.2) is 0 Å². The Hall–Kier alpha value is -2.86. The molecule has 8 heteroatoms. The molecule has 0 spiro atoms. The van der Waals surface area contributed by atoms with Gasteiger partial charge >= 0.3 is 0 Å². The lowest BCUT2D eigenvalue weighted by Gasteiger charge is -2.20. The molecule has 0 radical (unpaired) electrons. The van der Waals surface area contributed by atoms with Gasteiger partial charge in [0.05, 0.1) is 22.7 Å². The molecular weight excluding hydrogens is 527 g/mol. The third kappa shape index (κ3) is 5.69. The lowest BCUT2D eigenvalue weighted by atomic mass is 9.96. The number of aliphatic imine (C=N–C) groups is 1. The number of hydrogen-bond acceptors (Lipinski definition) is 3. The summed E-state index contributed by atoms with van der Waals surface area (Å²) in [5, 5.41) is 2.45. The fraction of sp³-hybridized carbons (Fsp3) is 0.276. The van der Waals surface area contributed by atoms with Gasteiger partial charge in [-0.15, -0.1) is 0 Å². The quantitative estimate of drug-likeness (QED) is 0.171. The zero-order chi connectivity index (χ0) is 26.9. The Kier molecular flexibility index (Phi) is 8.27. The van der Waals surface area contributed by atoms with Crippen molar-refractivity contribution >= 4 is 57.9 Å². The van der Waals surface area contributed by atoms with Crippen molar-refractivity contribution in [1.29, 1.82) is 0 Å². The Morgan fingerprint density at radius 1 is 1.00 bits per heavy atom. The SMILES string of the molecule is CCc1c(N=CN(C)C)c2cc(-c3ccc(Cl)cc3)c(-c3ccc(Cl)cc3Cl)nc2n(CC(C)C)c1=O. The maximum atomic E-state index is 13.7. The standard InChI is InChI=1S/C29H29Cl3N4O/c1-6-21-26(33-16-35(4)5)24-14-23(18-7-9-19(30)10-8-18)27(22-12-11-20(31)13-25(22)32)34-28(24)36(29(21)37)15-17(2)3/h7-14,16-17H,6,15H2,1-5H3. The van der Waals surface area contributed by atoms with Crippen LogP contribution in [0.25, 0.3) is 33.4 Å². The van der Waals surface area contributed by atoms with E-state index in [1.54, 1.807) is 23.0 Å². The Labute approximate surface area is 232 Å². The zero-order valence-electron chi connectivity index (χ0n) is 21.5. The van der Waals surface area contributed by atoms with E-state index >= 15 is 0 Å². The molecule has 4 aromatic rings. The highest BCUT2D eigenvalue weighted by Gasteiger charge is 2.22. The van der Waals surface area contributed by atoms with Gasteiger partial charge in [0.2, 0.25) is 0 Å². The topological polar surface area (TPSA) is 50.5 Å². The third-order valence-corrected chi connectivity index (χ3v) is 6.76. The van der Waals surface area contributed by atoms with Crippen molar-refractivity contribution in [3.8, 4) is 22.4 Å². The maximum absolute atomic E-state index is 13.7. The smallest absolute Gasteiger partial charge is 0.257 e. The first kappa shape index (κ1) is 27.2. The molecule has 0 fully saturated rings. The first-order valence-corrected chi connectivity index (χ1v) is 13.3. The van der Waals surface area contributed by atoms with Gasteiger partial charge in [-0.2, -0.15) is 0 Å². The normalized spacial score (nSPS) is 11.7. The van der Waals surface area contributed by atoms with Crippen molar-refractivity contribution in [2.24, 2.45) is 10.9 Å². The predicted molar refractivity (Wildman–Crippen MR) is 158 cm³/mol. The molecule has 37 heavy (non-hydrogen) atoms. The van der Waals surface area contributed by atoms with Crippen LogP contribution in [0, 0.1) is 5.92 Å². The van der Waals surface area contributed by atoms with Crippen LogP contribution < -0.4 is 5.56 Å². The molecule has 192 valence electrons. The molecule has 0 saturated heterocycles. The Morgan fingerprint density at radius 3 is 2.27 bits per heavy atom. The molecule has 2 aromatic heterocycles. The van der Waals surface area contributed by atoms with E-state index in [-0.39, 0.29) is 11.5 Å². The highest BCUT2D eigenvalue weighted by molar-refractivity contribution is 6.36. The van der Waals surface area contributed by atoms with Gasteiger partial charge in [0.25, 0.3) is 5.56 Å². The van der Waals surface area contributed by atoms with Crippen molar-refractivity contribution < 1.29 is 0 Å². The van der Waals surface area contributed by atoms with Crippen LogP contribution in [0.15, 0.2) is 58.3 Å². The summed E-state index contributed by atoms with van der Waals surface area (Å²) in [6.07, 6.45) is 2.26. The lowest BCUT2D eigenvalue weighted by molar-refractivity contribution is 0.519. The third-order valence-electron chi connectivity index (χ3n) is 5.96. The van der Waals surface area contributed by atoms with Crippen molar-refractivity contribution in [3.05, 3.63) is 79.5 Å². The minimum atomic E-state index is -0.0745. The van der Waals surface area contributed by atoms with Crippen molar-refractivity contribution in [1.82, 2.24) is 14.5 Å². The summed E-state index contributed by atoms with van der Waals surface area (Å²) in [6.45, 7) is 6.68. The molecule has 4 rings (SSSR count). The summed E-state index contributed by atoms with van der Waals surface area (Å²) in [5.41, 5.74) is 4.93. The van der Waals surface area contributed by atoms with Gasteiger partial charge in [-0.25, -0.2) is 9.98 Å². The van der Waals surface area contributed by atoms with Gasteiger partial charge in [-0.1, -0.05) is 67.7 Å². The molecule has 0 aliphatic heterocycles. The maximum Gasteiger partial charge on any atom is 0.257 e. The predicted octanol–water partition coefficient (Wildman–Crippen LogP) is 8.13. The summed E-state index contributed by atoms with van der Waals surface area (Å²) in [7, 11) is 3.80. The van der Waals surface area contributed by atoms with E-state index in [9.17, 15) is 4.79 Å². The molecule has 2 aromatic carbocycles. The molecule has 2 heterocycles. The molecule has 0 atom stereocenters. The summed E-state index contributed by atoms with van der Waals surface area (Å²) < 4.78 is 1.77. The molecule has 0 aliphatic rings. The van der Waals surface area contributed by atoms with E-state index in [4.69, 9.17) is 44.8 Å². The second-order valence-electron chi connectivity index (χ2n) is 9.59. The fourth-order valence-corrected chi connectivity index (χ4v) is 4.94. The summed E-state index contributed by atoms with van der Waals surface area (Å²) >= 11 is 19.1. The van der Waals surface area contributed by atoms with Crippen molar-refractivity contribution in [2.75, 3.05) is 14.1 Å². The van der Waals surface area contributed by atoms with Gasteiger partial charge in [-0.3, -0.25) is 9.36 Å². The monoisotopic (exact) mass is 554 g/mol. The average Bonchev–Trinajstić information content (AvgIpc) is 2.84. The number of aromatic nitrogens is 2. The highest BCUT2D eigenvalue weighted by atomic mass is 35.5. The molecule has 0 amide bonds. The fourth-order valence-electron chi connectivity index (χ4n) is 4.32. The molecule has 0 unspecified atom stereocenters. The van der Waals surface area contributed by atoms with Gasteiger partial charge < -0.3 is 4.90 Å². The van der Waals surface area contributed by atoms with Gasteiger partial charge in [0, 0.05) is 52.8 Å². The number of hydrogen-bond donors (Lipinski definition) is 0. The minimum Gasteiger partial charge on any atom is -0.369 e. The molecule has 0 saturated carbocycles. The van der Waals surface area contributed by atoms with Crippen molar-refractivity contribution in [3.63, 3.8) is 0 Å². The Balaban J connectivity index is 2.20. The molecule has 0 bridgehead atoms. The van der Waals surface area contributed by atoms with Crippen LogP contribution in [-0.4, -0.2) is 34.9 Å². The van der Waals surface area contributed by atoms with Crippen LogP contribution in [0.1, 0.15) is 26.3 Å². The largest absolute Gasteiger partial charge is 0.369 e. The Bertz CT molecular complexity index is 1540. The summed E-state index contributed by atoms with van der Waals surface area (Å²) in [4.78, 5) is 25.5. The van der Waals surface area contributed by atoms with Crippen molar-refractivity contribution in [2.45, 2.75) is 33.7 Å². The summed E-state index contributed by atoms with van der Waals surface area (Å²) in [6, 6.07) is 15.0. The number of halogens is 3. The van der Waals surface area contributed by atoms with Crippen LogP contribution in [-0.2, 0) is 13.0 Å². The molecule has 5 nitrogen and oxygen atoms in total. The van der Waals surface area contributed by atoms with Crippen LogP contribution in [0.3, 0.4) is 0 Å². The van der Waals surface area contributed by atoms with E-state index in [2.05, 4.69) is 19.9 Å². The number of benzene rings is 2. The van der Waals surface area contributed by atoms with Crippen LogP contribution in [0.5, 0.6) is 0 Å². The Morgan fingerprint density at radius 2 is 1.68 bits per heavy atom. The molecule has 0 aliphatic carbocycles. The summed E-state index contributed by atoms with van der Waals surface area (Å²) in [5.74, 6) is 0.238. The number of nitrogens with zero attached hydrogens (tertiary/aromatic N) is 4. The highest BCUT2D eigenvalue weighted by Crippen LogP contribution is 2.40. The number of pyridine rings is 2. The van der Waals surface area contributed by atoms with Crippen LogP contribution in [0.4, 0.5) is 5.69 Å². The first-order valence-electron chi connectivity index (χ1n) is 12.1. The second-order valence-corrected chi connectivity index (χ2v) is 10.9.